The molecular weight excluding hydrogens is 242 g/mol. The monoisotopic (exact) mass is 257 g/mol. The number of anilines is 1. The molecule has 5 N–H and O–H groups in total. The van der Waals surface area contributed by atoms with E-state index in [-0.39, 0.29) is 0 Å². The molecule has 1 aromatic carbocycles. The van der Waals surface area contributed by atoms with E-state index < -0.39 is 5.91 Å². The van der Waals surface area contributed by atoms with Crippen LogP contribution >= 0.6 is 0 Å². The lowest BCUT2D eigenvalue weighted by atomic mass is 10.1. The lowest BCUT2D eigenvalue weighted by Gasteiger charge is -2.08. The molecule has 0 saturated heterocycles. The molecule has 98 valence electrons. The van der Waals surface area contributed by atoms with Gasteiger partial charge in [0, 0.05) is 18.7 Å². The first-order valence-electron chi connectivity index (χ1n) is 5.89. The summed E-state index contributed by atoms with van der Waals surface area (Å²) in [6.45, 7) is 0.931. The molecule has 0 aliphatic rings. The lowest BCUT2D eigenvalue weighted by Crippen LogP contribution is -2.20. The Kier molecular flexibility index (Phi) is 4.04. The molecule has 0 aliphatic heterocycles. The van der Waals surface area contributed by atoms with Crippen molar-refractivity contribution in [2.45, 2.75) is 0 Å². The highest BCUT2D eigenvalue weighted by atomic mass is 16.1. The molecule has 6 nitrogen and oxygen atoms in total. The van der Waals surface area contributed by atoms with Crippen LogP contribution in [0.15, 0.2) is 36.4 Å². The third-order valence-electron chi connectivity index (χ3n) is 2.57. The summed E-state index contributed by atoms with van der Waals surface area (Å²) in [6, 6.07) is 11.1. The summed E-state index contributed by atoms with van der Waals surface area (Å²) in [5.74, 6) is -0.191. The average Bonchev–Trinajstić information content (AvgIpc) is 2.45. The number of carbonyl (C=O) groups is 1. The van der Waals surface area contributed by atoms with E-state index in [9.17, 15) is 4.79 Å². The van der Waals surface area contributed by atoms with Crippen LogP contribution in [0, 0.1) is 0 Å². The molecule has 0 aliphatic carbocycles. The Bertz CT molecular complexity index is 571. The van der Waals surface area contributed by atoms with Gasteiger partial charge in [0.15, 0.2) is 5.82 Å². The maximum absolute atomic E-state index is 11.5. The number of aromatic nitrogens is 2. The number of nitrogens with zero attached hydrogens (tertiary/aromatic N) is 2. The van der Waals surface area contributed by atoms with Crippen molar-refractivity contribution in [3.05, 3.63) is 42.0 Å². The molecule has 1 amide bonds. The van der Waals surface area contributed by atoms with E-state index in [2.05, 4.69) is 15.5 Å². The van der Waals surface area contributed by atoms with Gasteiger partial charge in [0.1, 0.15) is 0 Å². The van der Waals surface area contributed by atoms with Crippen LogP contribution < -0.4 is 16.8 Å². The van der Waals surface area contributed by atoms with Gasteiger partial charge in [-0.3, -0.25) is 4.79 Å². The molecular formula is C13H15N5O. The second kappa shape index (κ2) is 5.92. The van der Waals surface area contributed by atoms with E-state index in [4.69, 9.17) is 11.5 Å². The molecule has 0 unspecified atom stereocenters. The van der Waals surface area contributed by atoms with E-state index in [0.29, 0.717) is 30.2 Å². The minimum Gasteiger partial charge on any atom is -0.367 e. The Hall–Kier alpha value is -2.47. The molecule has 0 saturated carbocycles. The van der Waals surface area contributed by atoms with Crippen LogP contribution in [0.25, 0.3) is 11.3 Å². The lowest BCUT2D eigenvalue weighted by molar-refractivity contribution is 0.100. The van der Waals surface area contributed by atoms with Crippen molar-refractivity contribution in [3.8, 4) is 11.3 Å². The Labute approximate surface area is 110 Å². The van der Waals surface area contributed by atoms with E-state index in [1.165, 1.54) is 0 Å². The van der Waals surface area contributed by atoms with Crippen LogP contribution in [0.5, 0.6) is 0 Å². The van der Waals surface area contributed by atoms with E-state index in [0.717, 1.165) is 5.56 Å². The number of nitrogens with one attached hydrogen (secondary N) is 1. The Morgan fingerprint density at radius 1 is 1.21 bits per heavy atom. The summed E-state index contributed by atoms with van der Waals surface area (Å²) >= 11 is 0. The van der Waals surface area contributed by atoms with Crippen LogP contribution in [0.4, 0.5) is 5.82 Å². The van der Waals surface area contributed by atoms with E-state index >= 15 is 0 Å². The zero-order valence-corrected chi connectivity index (χ0v) is 10.3. The first kappa shape index (κ1) is 13.0. The van der Waals surface area contributed by atoms with Crippen LogP contribution in [-0.2, 0) is 0 Å². The summed E-state index contributed by atoms with van der Waals surface area (Å²) in [6.07, 6.45) is 0. The van der Waals surface area contributed by atoms with Crippen LogP contribution in [0.2, 0.25) is 0 Å². The fourth-order valence-electron chi connectivity index (χ4n) is 1.65. The fraction of sp³-hybridized carbons (Fsp3) is 0.154. The van der Waals surface area contributed by atoms with Crippen molar-refractivity contribution < 1.29 is 4.79 Å². The molecule has 0 atom stereocenters. The Balaban J connectivity index is 2.39. The summed E-state index contributed by atoms with van der Waals surface area (Å²) < 4.78 is 0. The van der Waals surface area contributed by atoms with Gasteiger partial charge in [0.25, 0.3) is 5.91 Å². The highest BCUT2D eigenvalue weighted by molar-refractivity contribution is 5.98. The predicted octanol–water partition coefficient (Wildman–Crippen LogP) is 0.613. The maximum atomic E-state index is 11.5. The minimum atomic E-state index is -0.549. The quantitative estimate of drug-likeness (QED) is 0.727. The predicted molar refractivity (Wildman–Crippen MR) is 73.5 cm³/mol. The van der Waals surface area contributed by atoms with Gasteiger partial charge in [-0.1, -0.05) is 30.3 Å². The molecule has 0 radical (unpaired) electrons. The number of primary amides is 1. The molecule has 0 bridgehead atoms. The molecule has 0 spiro atoms. The summed E-state index contributed by atoms with van der Waals surface area (Å²) in [4.78, 5) is 11.5. The Morgan fingerprint density at radius 3 is 2.58 bits per heavy atom. The molecule has 6 heteroatoms. The zero-order valence-electron chi connectivity index (χ0n) is 10.3. The second-order valence-electron chi connectivity index (χ2n) is 3.94. The number of rotatable bonds is 5. The number of nitrogens with two attached hydrogens (primary N) is 2. The topological polar surface area (TPSA) is 107 Å². The van der Waals surface area contributed by atoms with Crippen molar-refractivity contribution >= 4 is 11.7 Å². The van der Waals surface area contributed by atoms with Gasteiger partial charge in [-0.05, 0) is 6.07 Å². The first-order valence-corrected chi connectivity index (χ1v) is 5.89. The second-order valence-corrected chi connectivity index (χ2v) is 3.94. The van der Waals surface area contributed by atoms with Gasteiger partial charge in [0.2, 0.25) is 0 Å². The van der Waals surface area contributed by atoms with Crippen molar-refractivity contribution in [1.29, 1.82) is 0 Å². The van der Waals surface area contributed by atoms with Crippen LogP contribution in [0.3, 0.4) is 0 Å². The SMILES string of the molecule is NCCNc1nnc(-c2ccccc2)cc1C(N)=O. The standard InChI is InChI=1S/C13H15N5O/c14-6-7-16-13-10(12(15)19)8-11(17-18-13)9-4-2-1-3-5-9/h1-5,8H,6-7,14H2,(H2,15,19)(H,16,18). The van der Waals surface area contributed by atoms with Crippen molar-refractivity contribution in [2.24, 2.45) is 11.5 Å². The highest BCUT2D eigenvalue weighted by Gasteiger charge is 2.12. The number of hydrogen-bond acceptors (Lipinski definition) is 5. The largest absolute Gasteiger partial charge is 0.367 e. The molecule has 1 aromatic heterocycles. The molecule has 19 heavy (non-hydrogen) atoms. The maximum Gasteiger partial charge on any atom is 0.252 e. The molecule has 2 aromatic rings. The molecule has 0 fully saturated rings. The van der Waals surface area contributed by atoms with E-state index in [1.807, 2.05) is 30.3 Å². The molecule has 2 rings (SSSR count). The number of carbonyl (C=O) groups excluding carboxylic acids is 1. The summed E-state index contributed by atoms with van der Waals surface area (Å²) in [5, 5.41) is 11.0. The van der Waals surface area contributed by atoms with Gasteiger partial charge in [-0.15, -0.1) is 10.2 Å². The third-order valence-corrected chi connectivity index (χ3v) is 2.57. The van der Waals surface area contributed by atoms with Crippen LogP contribution in [-0.4, -0.2) is 29.2 Å². The third kappa shape index (κ3) is 3.05. The zero-order chi connectivity index (χ0) is 13.7. The number of benzene rings is 1. The normalized spacial score (nSPS) is 10.2. The van der Waals surface area contributed by atoms with Crippen molar-refractivity contribution in [1.82, 2.24) is 10.2 Å². The van der Waals surface area contributed by atoms with Gasteiger partial charge in [-0.2, -0.15) is 0 Å². The summed E-state index contributed by atoms with van der Waals surface area (Å²) in [7, 11) is 0. The van der Waals surface area contributed by atoms with Crippen molar-refractivity contribution in [3.63, 3.8) is 0 Å². The smallest absolute Gasteiger partial charge is 0.252 e. The van der Waals surface area contributed by atoms with E-state index in [1.54, 1.807) is 6.07 Å². The van der Waals surface area contributed by atoms with Gasteiger partial charge < -0.3 is 16.8 Å². The number of hydrogen-bond donors (Lipinski definition) is 3. The van der Waals surface area contributed by atoms with Gasteiger partial charge in [0.05, 0.1) is 11.3 Å². The van der Waals surface area contributed by atoms with Crippen LogP contribution in [0.1, 0.15) is 10.4 Å². The van der Waals surface area contributed by atoms with Gasteiger partial charge >= 0.3 is 0 Å². The highest BCUT2D eigenvalue weighted by Crippen LogP contribution is 2.20. The van der Waals surface area contributed by atoms with Gasteiger partial charge in [-0.25, -0.2) is 0 Å². The average molecular weight is 257 g/mol. The first-order chi connectivity index (χ1) is 9.22. The minimum absolute atomic E-state index is 0.308. The summed E-state index contributed by atoms with van der Waals surface area (Å²) in [5.41, 5.74) is 12.5. The molecule has 1 heterocycles. The fourth-order valence-corrected chi connectivity index (χ4v) is 1.65. The number of amides is 1. The van der Waals surface area contributed by atoms with Crippen molar-refractivity contribution in [2.75, 3.05) is 18.4 Å². The Morgan fingerprint density at radius 2 is 1.95 bits per heavy atom.